The average Bonchev–Trinajstić information content (AvgIpc) is 3.23. The van der Waals surface area contributed by atoms with Gasteiger partial charge in [-0.1, -0.05) is 19.3 Å². The summed E-state index contributed by atoms with van der Waals surface area (Å²) >= 11 is 0. The fraction of sp³-hybridized carbons (Fsp3) is 0.714. The second-order valence-corrected chi connectivity index (χ2v) is 7.56. The van der Waals surface area contributed by atoms with Gasteiger partial charge in [0.15, 0.2) is 11.7 Å². The van der Waals surface area contributed by atoms with Gasteiger partial charge in [0, 0.05) is 39.3 Å². The van der Waals surface area contributed by atoms with Gasteiger partial charge in [0.1, 0.15) is 0 Å². The topological polar surface area (TPSA) is 64.3 Å². The third-order valence-electron chi connectivity index (χ3n) is 4.96. The molecule has 0 spiro atoms. The molecule has 0 radical (unpaired) electrons. The molecule has 1 saturated heterocycles. The van der Waals surface area contributed by atoms with Crippen molar-refractivity contribution in [1.29, 1.82) is 0 Å². The van der Waals surface area contributed by atoms with Crippen molar-refractivity contribution < 1.29 is 9.21 Å². The Bertz CT molecular complexity index is 578. The van der Waals surface area contributed by atoms with Crippen LogP contribution in [0, 0.1) is 0 Å². The van der Waals surface area contributed by atoms with Gasteiger partial charge in [0.2, 0.25) is 0 Å². The molecular formula is C21H37N5O2. The Labute approximate surface area is 169 Å². The second-order valence-electron chi connectivity index (χ2n) is 7.56. The summed E-state index contributed by atoms with van der Waals surface area (Å²) < 4.78 is 5.23. The molecule has 0 aromatic carbocycles. The van der Waals surface area contributed by atoms with Crippen molar-refractivity contribution in [2.75, 3.05) is 59.9 Å². The summed E-state index contributed by atoms with van der Waals surface area (Å²) in [4.78, 5) is 23.5. The Hall–Kier alpha value is -2.02. The van der Waals surface area contributed by atoms with Gasteiger partial charge >= 0.3 is 0 Å². The summed E-state index contributed by atoms with van der Waals surface area (Å²) in [6, 6.07) is 3.47. The summed E-state index contributed by atoms with van der Waals surface area (Å²) in [5.41, 5.74) is 0. The maximum atomic E-state index is 12.4. The predicted octanol–water partition coefficient (Wildman–Crippen LogP) is 2.52. The van der Waals surface area contributed by atoms with E-state index in [1.165, 1.54) is 32.2 Å². The van der Waals surface area contributed by atoms with Crippen LogP contribution in [-0.4, -0.2) is 86.5 Å². The number of carbonyl (C=O) groups excluding carboxylic acids is 1. The van der Waals surface area contributed by atoms with Crippen molar-refractivity contribution in [3.63, 3.8) is 0 Å². The number of nitrogens with one attached hydrogen (secondary N) is 1. The van der Waals surface area contributed by atoms with Crippen LogP contribution in [0.5, 0.6) is 0 Å². The lowest BCUT2D eigenvalue weighted by atomic mass is 10.1. The number of rotatable bonds is 10. The van der Waals surface area contributed by atoms with Crippen molar-refractivity contribution >= 4 is 11.9 Å². The van der Waals surface area contributed by atoms with Crippen molar-refractivity contribution in [2.45, 2.75) is 39.0 Å². The van der Waals surface area contributed by atoms with Gasteiger partial charge in [-0.25, -0.2) is 0 Å². The molecular weight excluding hydrogens is 354 g/mol. The Balaban J connectivity index is 1.70. The zero-order valence-corrected chi connectivity index (χ0v) is 17.8. The first kappa shape index (κ1) is 22.3. The summed E-state index contributed by atoms with van der Waals surface area (Å²) in [6.45, 7) is 7.96. The van der Waals surface area contributed by atoms with Crippen LogP contribution in [-0.2, 0) is 0 Å². The van der Waals surface area contributed by atoms with E-state index in [4.69, 9.17) is 9.41 Å². The molecule has 1 amide bonds. The van der Waals surface area contributed by atoms with Crippen LogP contribution in [0.1, 0.15) is 49.6 Å². The van der Waals surface area contributed by atoms with Crippen molar-refractivity contribution in [2.24, 2.45) is 4.99 Å². The minimum Gasteiger partial charge on any atom is -0.459 e. The zero-order valence-electron chi connectivity index (χ0n) is 17.8. The van der Waals surface area contributed by atoms with Gasteiger partial charge in [-0.3, -0.25) is 9.79 Å². The van der Waals surface area contributed by atoms with Crippen LogP contribution < -0.4 is 5.32 Å². The molecule has 0 saturated carbocycles. The SMILES string of the molecule is CCNC(=NCCCCCCCN(C)C)N1CCN(C(=O)c2ccco2)CC1. The van der Waals surface area contributed by atoms with Crippen molar-refractivity contribution in [1.82, 2.24) is 20.0 Å². The molecule has 1 aromatic rings. The van der Waals surface area contributed by atoms with E-state index in [0.29, 0.717) is 18.8 Å². The molecule has 28 heavy (non-hydrogen) atoms. The van der Waals surface area contributed by atoms with Gasteiger partial charge in [0.25, 0.3) is 5.91 Å². The highest BCUT2D eigenvalue weighted by Crippen LogP contribution is 2.10. The number of hydrogen-bond donors (Lipinski definition) is 1. The summed E-state index contributed by atoms with van der Waals surface area (Å²) in [5, 5.41) is 3.40. The number of piperazine rings is 1. The van der Waals surface area contributed by atoms with Crippen LogP contribution in [0.25, 0.3) is 0 Å². The molecule has 7 heteroatoms. The molecule has 1 fully saturated rings. The first-order valence-corrected chi connectivity index (χ1v) is 10.6. The summed E-state index contributed by atoms with van der Waals surface area (Å²) in [7, 11) is 4.26. The quantitative estimate of drug-likeness (QED) is 0.377. The molecule has 2 heterocycles. The number of amides is 1. The third kappa shape index (κ3) is 7.54. The zero-order chi connectivity index (χ0) is 20.2. The van der Waals surface area contributed by atoms with Gasteiger partial charge in [-0.2, -0.15) is 0 Å². The summed E-state index contributed by atoms with van der Waals surface area (Å²) in [6.07, 6.45) is 7.78. The van der Waals surface area contributed by atoms with Gasteiger partial charge in [-0.15, -0.1) is 0 Å². The molecule has 0 atom stereocenters. The van der Waals surface area contributed by atoms with Gasteiger partial charge in [0.05, 0.1) is 6.26 Å². The van der Waals surface area contributed by atoms with E-state index >= 15 is 0 Å². The predicted molar refractivity (Wildman–Crippen MR) is 114 cm³/mol. The van der Waals surface area contributed by atoms with E-state index < -0.39 is 0 Å². The molecule has 0 aliphatic carbocycles. The lowest BCUT2D eigenvalue weighted by Crippen LogP contribution is -2.53. The van der Waals surface area contributed by atoms with Gasteiger partial charge in [-0.05, 0) is 52.5 Å². The third-order valence-corrected chi connectivity index (χ3v) is 4.96. The van der Waals surface area contributed by atoms with E-state index in [2.05, 4.69) is 36.1 Å². The largest absolute Gasteiger partial charge is 0.459 e. The standard InChI is InChI=1S/C21H37N5O2/c1-4-22-21(23-12-8-6-5-7-9-13-24(2)3)26-16-14-25(15-17-26)20(27)19-11-10-18-28-19/h10-11,18H,4-9,12-17H2,1-3H3,(H,22,23). The molecule has 1 N–H and O–H groups in total. The average molecular weight is 392 g/mol. The van der Waals surface area contributed by atoms with E-state index in [0.717, 1.165) is 38.6 Å². The van der Waals surface area contributed by atoms with E-state index in [9.17, 15) is 4.79 Å². The Morgan fingerprint density at radius 3 is 2.43 bits per heavy atom. The molecule has 1 aliphatic rings. The Morgan fingerprint density at radius 1 is 1.11 bits per heavy atom. The maximum absolute atomic E-state index is 12.4. The lowest BCUT2D eigenvalue weighted by molar-refractivity contribution is 0.0657. The highest BCUT2D eigenvalue weighted by atomic mass is 16.3. The first-order chi connectivity index (χ1) is 13.6. The Kier molecular flexibility index (Phi) is 9.90. The maximum Gasteiger partial charge on any atom is 0.289 e. The van der Waals surface area contributed by atoms with Gasteiger partial charge < -0.3 is 24.4 Å². The summed E-state index contributed by atoms with van der Waals surface area (Å²) in [5.74, 6) is 1.36. The highest BCUT2D eigenvalue weighted by molar-refractivity contribution is 5.91. The normalized spacial score (nSPS) is 15.4. The highest BCUT2D eigenvalue weighted by Gasteiger charge is 2.25. The lowest BCUT2D eigenvalue weighted by Gasteiger charge is -2.36. The van der Waals surface area contributed by atoms with E-state index in [-0.39, 0.29) is 5.91 Å². The van der Waals surface area contributed by atoms with E-state index in [1.807, 2.05) is 4.90 Å². The number of aliphatic imine (C=N–C) groups is 1. The van der Waals surface area contributed by atoms with Crippen LogP contribution in [0.3, 0.4) is 0 Å². The molecule has 1 aliphatic heterocycles. The molecule has 0 unspecified atom stereocenters. The van der Waals surface area contributed by atoms with Crippen molar-refractivity contribution in [3.8, 4) is 0 Å². The number of hydrogen-bond acceptors (Lipinski definition) is 4. The molecule has 0 bridgehead atoms. The van der Waals surface area contributed by atoms with Crippen molar-refractivity contribution in [3.05, 3.63) is 24.2 Å². The minimum atomic E-state index is -0.0270. The molecule has 2 rings (SSSR count). The number of nitrogens with zero attached hydrogens (tertiary/aromatic N) is 4. The van der Waals surface area contributed by atoms with Crippen LogP contribution >= 0.6 is 0 Å². The van der Waals surface area contributed by atoms with E-state index in [1.54, 1.807) is 18.4 Å². The first-order valence-electron chi connectivity index (χ1n) is 10.6. The molecule has 7 nitrogen and oxygen atoms in total. The number of furan rings is 1. The number of unbranched alkanes of at least 4 members (excludes halogenated alkanes) is 4. The molecule has 1 aromatic heterocycles. The number of carbonyl (C=O) groups is 1. The molecule has 158 valence electrons. The fourth-order valence-corrected chi connectivity index (χ4v) is 3.36. The van der Waals surface area contributed by atoms with Crippen LogP contribution in [0.4, 0.5) is 0 Å². The minimum absolute atomic E-state index is 0.0270. The smallest absolute Gasteiger partial charge is 0.289 e. The monoisotopic (exact) mass is 391 g/mol. The number of guanidine groups is 1. The fourth-order valence-electron chi connectivity index (χ4n) is 3.36. The second kappa shape index (κ2) is 12.4. The Morgan fingerprint density at radius 2 is 1.79 bits per heavy atom. The van der Waals surface area contributed by atoms with Crippen LogP contribution in [0.15, 0.2) is 27.8 Å². The van der Waals surface area contributed by atoms with Crippen LogP contribution in [0.2, 0.25) is 0 Å².